The van der Waals surface area contributed by atoms with Gasteiger partial charge in [0.25, 0.3) is 0 Å². The lowest BCUT2D eigenvalue weighted by atomic mass is 9.96. The van der Waals surface area contributed by atoms with Crippen LogP contribution in [0.4, 0.5) is 4.79 Å². The molecule has 0 aliphatic carbocycles. The highest BCUT2D eigenvalue weighted by atomic mass is 16.8. The predicted octanol–water partition coefficient (Wildman–Crippen LogP) is 0.308. The number of carbonyl (C=O) groups excluding carboxylic acids is 1. The van der Waals surface area contributed by atoms with E-state index in [-0.39, 0.29) is 6.61 Å². The van der Waals surface area contributed by atoms with Crippen molar-refractivity contribution in [2.24, 2.45) is 0 Å². The molecule has 0 aromatic heterocycles. The van der Waals surface area contributed by atoms with E-state index in [0.29, 0.717) is 0 Å². The van der Waals surface area contributed by atoms with Gasteiger partial charge in [-0.15, -0.1) is 0 Å². The number of hydrogen-bond acceptors (Lipinski definition) is 5. The number of ether oxygens (including phenoxy) is 3. The predicted molar refractivity (Wildman–Crippen MR) is 43.3 cm³/mol. The van der Waals surface area contributed by atoms with Crippen LogP contribution in [0.15, 0.2) is 0 Å². The molecular weight excluding hydrogens is 176 g/mol. The Bertz CT molecular complexity index is 205. The summed E-state index contributed by atoms with van der Waals surface area (Å²) in [6.07, 6.45) is -2.03. The third kappa shape index (κ3) is 1.92. The maximum atomic E-state index is 10.7. The van der Waals surface area contributed by atoms with Gasteiger partial charge in [0.05, 0.1) is 6.10 Å². The van der Waals surface area contributed by atoms with Crippen LogP contribution < -0.4 is 0 Å². The molecule has 0 aromatic rings. The lowest BCUT2D eigenvalue weighted by Gasteiger charge is -2.29. The highest BCUT2D eigenvalue weighted by Crippen LogP contribution is 2.26. The van der Waals surface area contributed by atoms with Gasteiger partial charge in [-0.25, -0.2) is 4.79 Å². The van der Waals surface area contributed by atoms with Gasteiger partial charge in [-0.1, -0.05) is 0 Å². The smallest absolute Gasteiger partial charge is 0.430 e. The van der Waals surface area contributed by atoms with E-state index in [1.807, 2.05) is 0 Å². The molecule has 13 heavy (non-hydrogen) atoms. The number of methoxy groups -OCH3 is 1. The number of aliphatic hydroxyl groups is 1. The second-order valence-corrected chi connectivity index (χ2v) is 3.34. The summed E-state index contributed by atoms with van der Waals surface area (Å²) in [7, 11) is 1.48. The number of hydrogen-bond donors (Lipinski definition) is 1. The largest absolute Gasteiger partial charge is 0.509 e. The van der Waals surface area contributed by atoms with Gasteiger partial charge in [0, 0.05) is 7.11 Å². The molecule has 5 heteroatoms. The minimum absolute atomic E-state index is 0.0562. The topological polar surface area (TPSA) is 65.0 Å². The third-order valence-electron chi connectivity index (χ3n) is 2.24. The van der Waals surface area contributed by atoms with Gasteiger partial charge in [-0.2, -0.15) is 0 Å². The Kier molecular flexibility index (Phi) is 2.77. The second kappa shape index (κ2) is 3.51. The van der Waals surface area contributed by atoms with E-state index in [9.17, 15) is 9.90 Å². The van der Waals surface area contributed by atoms with E-state index in [1.165, 1.54) is 7.11 Å². The highest BCUT2D eigenvalue weighted by molar-refractivity contribution is 5.62. The number of carbonyl (C=O) groups is 1. The SMILES string of the molecule is CO[C@@H](C)[C@@H](O)[C@]1(C)COC(=O)O1. The lowest BCUT2D eigenvalue weighted by molar-refractivity contribution is -0.105. The molecule has 0 spiro atoms. The van der Waals surface area contributed by atoms with Crippen molar-refractivity contribution in [3.8, 4) is 0 Å². The summed E-state index contributed by atoms with van der Waals surface area (Å²) in [5.74, 6) is 0. The van der Waals surface area contributed by atoms with Gasteiger partial charge >= 0.3 is 6.16 Å². The molecule has 1 aliphatic heterocycles. The molecule has 1 heterocycles. The van der Waals surface area contributed by atoms with Gasteiger partial charge in [-0.05, 0) is 13.8 Å². The Balaban J connectivity index is 2.64. The van der Waals surface area contributed by atoms with Crippen LogP contribution in [-0.4, -0.2) is 42.8 Å². The Morgan fingerprint density at radius 1 is 1.69 bits per heavy atom. The number of aliphatic hydroxyl groups excluding tert-OH is 1. The van der Waals surface area contributed by atoms with Gasteiger partial charge in [0.1, 0.15) is 12.7 Å². The van der Waals surface area contributed by atoms with E-state index in [0.717, 1.165) is 0 Å². The number of cyclic esters (lactones) is 2. The maximum Gasteiger partial charge on any atom is 0.509 e. The quantitative estimate of drug-likeness (QED) is 0.649. The van der Waals surface area contributed by atoms with Crippen LogP contribution in [0.5, 0.6) is 0 Å². The molecule has 0 saturated carbocycles. The molecule has 0 amide bonds. The molecule has 1 rings (SSSR count). The maximum absolute atomic E-state index is 10.7. The minimum atomic E-state index is -0.994. The Morgan fingerprint density at radius 2 is 2.31 bits per heavy atom. The van der Waals surface area contributed by atoms with Crippen LogP contribution >= 0.6 is 0 Å². The van der Waals surface area contributed by atoms with Crippen LogP contribution in [0.1, 0.15) is 13.8 Å². The van der Waals surface area contributed by atoms with Crippen LogP contribution in [0, 0.1) is 0 Å². The average molecular weight is 190 g/mol. The van der Waals surface area contributed by atoms with Gasteiger partial charge in [0.2, 0.25) is 0 Å². The zero-order chi connectivity index (χ0) is 10.1. The molecule has 1 aliphatic rings. The van der Waals surface area contributed by atoms with Crippen molar-refractivity contribution < 1.29 is 24.1 Å². The first-order chi connectivity index (χ1) is 5.99. The molecule has 0 unspecified atom stereocenters. The monoisotopic (exact) mass is 190 g/mol. The van der Waals surface area contributed by atoms with Crippen molar-refractivity contribution in [3.63, 3.8) is 0 Å². The van der Waals surface area contributed by atoms with Crippen molar-refractivity contribution in [1.29, 1.82) is 0 Å². The van der Waals surface area contributed by atoms with Crippen LogP contribution in [0.3, 0.4) is 0 Å². The fourth-order valence-electron chi connectivity index (χ4n) is 1.22. The van der Waals surface area contributed by atoms with Crippen LogP contribution in [0.2, 0.25) is 0 Å². The minimum Gasteiger partial charge on any atom is -0.430 e. The summed E-state index contributed by atoms with van der Waals surface area (Å²) in [5.41, 5.74) is -0.994. The number of rotatable bonds is 3. The van der Waals surface area contributed by atoms with E-state index >= 15 is 0 Å². The van der Waals surface area contributed by atoms with Gasteiger partial charge in [0.15, 0.2) is 5.60 Å². The zero-order valence-electron chi connectivity index (χ0n) is 7.94. The Labute approximate surface area is 76.6 Å². The highest BCUT2D eigenvalue weighted by Gasteiger charge is 2.46. The molecule has 1 saturated heterocycles. The first-order valence-electron chi connectivity index (χ1n) is 4.06. The molecule has 76 valence electrons. The van der Waals surface area contributed by atoms with Crippen molar-refractivity contribution >= 4 is 6.16 Å². The fraction of sp³-hybridized carbons (Fsp3) is 0.875. The van der Waals surface area contributed by atoms with E-state index in [1.54, 1.807) is 13.8 Å². The molecule has 1 fully saturated rings. The van der Waals surface area contributed by atoms with Crippen LogP contribution in [0.25, 0.3) is 0 Å². The summed E-state index contributed by atoms with van der Waals surface area (Å²) in [4.78, 5) is 10.7. The first kappa shape index (κ1) is 10.3. The van der Waals surface area contributed by atoms with E-state index in [4.69, 9.17) is 9.47 Å². The Hall–Kier alpha value is -0.810. The second-order valence-electron chi connectivity index (χ2n) is 3.34. The molecule has 3 atom stereocenters. The zero-order valence-corrected chi connectivity index (χ0v) is 7.94. The molecular formula is C8H14O5. The normalized spacial score (nSPS) is 32.2. The molecule has 0 radical (unpaired) electrons. The van der Waals surface area contributed by atoms with Crippen molar-refractivity contribution in [2.75, 3.05) is 13.7 Å². The van der Waals surface area contributed by atoms with Gasteiger partial charge < -0.3 is 19.3 Å². The molecule has 0 aromatic carbocycles. The van der Waals surface area contributed by atoms with E-state index < -0.39 is 24.0 Å². The molecule has 5 nitrogen and oxygen atoms in total. The Morgan fingerprint density at radius 3 is 2.69 bits per heavy atom. The summed E-state index contributed by atoms with van der Waals surface area (Å²) in [6, 6.07) is 0. The third-order valence-corrected chi connectivity index (χ3v) is 2.24. The van der Waals surface area contributed by atoms with E-state index in [2.05, 4.69) is 4.74 Å². The summed E-state index contributed by atoms with van der Waals surface area (Å²) in [6.45, 7) is 3.36. The fourth-order valence-corrected chi connectivity index (χ4v) is 1.22. The van der Waals surface area contributed by atoms with Crippen molar-refractivity contribution in [3.05, 3.63) is 0 Å². The summed E-state index contributed by atoms with van der Waals surface area (Å²) < 4.78 is 14.4. The first-order valence-corrected chi connectivity index (χ1v) is 4.06. The average Bonchev–Trinajstić information content (AvgIpc) is 2.45. The summed E-state index contributed by atoms with van der Waals surface area (Å²) >= 11 is 0. The standard InChI is InChI=1S/C8H14O5/c1-5(11-3)6(9)8(2)4-12-7(10)13-8/h5-6,9H,4H2,1-3H3/t5-,6+,8-/m0/s1. The molecule has 1 N–H and O–H groups in total. The lowest BCUT2D eigenvalue weighted by Crippen LogP contribution is -2.48. The molecule has 0 bridgehead atoms. The van der Waals surface area contributed by atoms with Crippen molar-refractivity contribution in [2.45, 2.75) is 31.7 Å². The van der Waals surface area contributed by atoms with Gasteiger partial charge in [-0.3, -0.25) is 0 Å². The summed E-state index contributed by atoms with van der Waals surface area (Å²) in [5, 5.41) is 9.71. The van der Waals surface area contributed by atoms with Crippen molar-refractivity contribution in [1.82, 2.24) is 0 Å². The van der Waals surface area contributed by atoms with Crippen LogP contribution in [-0.2, 0) is 14.2 Å².